The van der Waals surface area contributed by atoms with Gasteiger partial charge in [0.2, 0.25) is 0 Å². The third-order valence-corrected chi connectivity index (χ3v) is 4.04. The zero-order chi connectivity index (χ0) is 19.2. The predicted molar refractivity (Wildman–Crippen MR) is 88.7 cm³/mol. The Kier molecular flexibility index (Phi) is 13.3. The molecule has 148 valence electrons. The summed E-state index contributed by atoms with van der Waals surface area (Å²) in [5, 5.41) is 18.6. The molecule has 2 rings (SSSR count). The fourth-order valence-corrected chi connectivity index (χ4v) is 2.76. The largest absolute Gasteiger partial charge is 1.00 e. The second-order valence-corrected chi connectivity index (χ2v) is 6.08. The molecule has 0 saturated carbocycles. The summed E-state index contributed by atoms with van der Waals surface area (Å²) in [7, 11) is 0. The minimum atomic E-state index is -4.65. The van der Waals surface area contributed by atoms with E-state index in [4.69, 9.17) is 14.6 Å². The molecule has 1 aliphatic heterocycles. The number of unbranched alkanes of at least 4 members (excludes halogenated alkanes) is 1. The number of aliphatic carboxylic acids is 1. The van der Waals surface area contributed by atoms with Crippen LogP contribution < -0.4 is 59.1 Å². The molecule has 1 aromatic rings. The van der Waals surface area contributed by atoms with Crippen LogP contribution in [0.25, 0.3) is 0 Å². The molecule has 1 saturated heterocycles. The molecule has 0 amide bonds. The average molecular weight is 422 g/mol. The SMILES string of the molecule is O=C(O)CCC/C=C\CC1COC(C(F)(F)F)OC1c1ccccc1O.[H-].[H-].[Na+].[Na+]. The number of hydrogen-bond acceptors (Lipinski definition) is 4. The van der Waals surface area contributed by atoms with Crippen LogP contribution >= 0.6 is 0 Å². The molecule has 3 unspecified atom stereocenters. The van der Waals surface area contributed by atoms with Crippen molar-refractivity contribution in [3.63, 3.8) is 0 Å². The van der Waals surface area contributed by atoms with Gasteiger partial charge in [-0.05, 0) is 25.3 Å². The van der Waals surface area contributed by atoms with E-state index in [0.29, 0.717) is 19.3 Å². The van der Waals surface area contributed by atoms with E-state index in [0.717, 1.165) is 0 Å². The number of ether oxygens (including phenoxy) is 2. The van der Waals surface area contributed by atoms with E-state index in [2.05, 4.69) is 0 Å². The van der Waals surface area contributed by atoms with Gasteiger partial charge in [0.1, 0.15) is 5.75 Å². The standard InChI is InChI=1S/C18H21F3O5.2Na.2H/c19-18(20,21)17-25-11-12(7-3-1-2-4-10-15(23)24)16(26-17)13-8-5-6-9-14(13)22;;;;/h1,3,5-6,8-9,12,16-17,22H,2,4,7,10-11H2,(H,23,24);;;;/q;2*+1;2*-1/b3-1-;;;;. The Morgan fingerprint density at radius 1 is 1.25 bits per heavy atom. The summed E-state index contributed by atoms with van der Waals surface area (Å²) in [5.41, 5.74) is 0.286. The summed E-state index contributed by atoms with van der Waals surface area (Å²) in [6, 6.07) is 6.13. The number of benzene rings is 1. The van der Waals surface area contributed by atoms with E-state index < -0.39 is 30.5 Å². The normalized spacial score (nSPS) is 22.3. The number of aromatic hydroxyl groups is 1. The van der Waals surface area contributed by atoms with Gasteiger partial charge in [-0.25, -0.2) is 0 Å². The van der Waals surface area contributed by atoms with Crippen molar-refractivity contribution in [2.75, 3.05) is 6.61 Å². The van der Waals surface area contributed by atoms with Gasteiger partial charge >= 0.3 is 71.3 Å². The predicted octanol–water partition coefficient (Wildman–Crippen LogP) is -1.58. The number of phenols is 1. The number of para-hydroxylation sites is 1. The van der Waals surface area contributed by atoms with Crippen LogP contribution in [-0.4, -0.2) is 35.3 Å². The van der Waals surface area contributed by atoms with Crippen molar-refractivity contribution in [1.29, 1.82) is 0 Å². The van der Waals surface area contributed by atoms with Crippen molar-refractivity contribution in [1.82, 2.24) is 0 Å². The Hall–Kier alpha value is -0.0600. The zero-order valence-electron chi connectivity index (χ0n) is 18.0. The van der Waals surface area contributed by atoms with E-state index in [9.17, 15) is 23.1 Å². The van der Waals surface area contributed by atoms with Crippen molar-refractivity contribution >= 4 is 5.97 Å². The number of hydrogen-bond donors (Lipinski definition) is 2. The summed E-state index contributed by atoms with van der Waals surface area (Å²) in [5.74, 6) is -1.40. The van der Waals surface area contributed by atoms with E-state index in [1.165, 1.54) is 12.1 Å². The monoisotopic (exact) mass is 422 g/mol. The molecule has 2 N–H and O–H groups in total. The first-order valence-corrected chi connectivity index (χ1v) is 8.27. The molecule has 1 aromatic carbocycles. The average Bonchev–Trinajstić information content (AvgIpc) is 2.57. The van der Waals surface area contributed by atoms with Gasteiger partial charge in [0.15, 0.2) is 0 Å². The molecule has 0 radical (unpaired) electrons. The summed E-state index contributed by atoms with van der Waals surface area (Å²) >= 11 is 0. The van der Waals surface area contributed by atoms with E-state index >= 15 is 0 Å². The zero-order valence-corrected chi connectivity index (χ0v) is 20.0. The summed E-state index contributed by atoms with van der Waals surface area (Å²) in [6.45, 7) is -0.164. The molecular weight excluding hydrogens is 399 g/mol. The Labute approximate surface area is 208 Å². The fourth-order valence-electron chi connectivity index (χ4n) is 2.76. The molecule has 10 heteroatoms. The van der Waals surface area contributed by atoms with Gasteiger partial charge < -0.3 is 22.5 Å². The van der Waals surface area contributed by atoms with Gasteiger partial charge in [-0.15, -0.1) is 0 Å². The maximum Gasteiger partial charge on any atom is 1.00 e. The molecular formula is C18H23F3Na2O5. The summed E-state index contributed by atoms with van der Waals surface area (Å²) in [6.07, 6.45) is -2.87. The third kappa shape index (κ3) is 8.75. The van der Waals surface area contributed by atoms with Crippen LogP contribution in [0.1, 0.15) is 40.2 Å². The van der Waals surface area contributed by atoms with Crippen LogP contribution in [0.15, 0.2) is 36.4 Å². The molecule has 0 spiro atoms. The summed E-state index contributed by atoms with van der Waals surface area (Å²) in [4.78, 5) is 10.5. The van der Waals surface area contributed by atoms with Gasteiger partial charge in [-0.1, -0.05) is 30.4 Å². The molecule has 1 heterocycles. The molecule has 1 fully saturated rings. The van der Waals surface area contributed by atoms with Crippen molar-refractivity contribution in [3.05, 3.63) is 42.0 Å². The number of carboxylic acid groups (broad SMARTS) is 1. The molecule has 28 heavy (non-hydrogen) atoms. The fraction of sp³-hybridized carbons (Fsp3) is 0.500. The number of alkyl halides is 3. The number of carbonyl (C=O) groups is 1. The first-order chi connectivity index (χ1) is 12.3. The van der Waals surface area contributed by atoms with Crippen molar-refractivity contribution in [3.8, 4) is 5.75 Å². The van der Waals surface area contributed by atoms with Gasteiger partial charge in [0.05, 0.1) is 12.7 Å². The van der Waals surface area contributed by atoms with Crippen molar-refractivity contribution < 1.29 is 99.6 Å². The number of allylic oxidation sites excluding steroid dienone is 2. The van der Waals surface area contributed by atoms with Crippen LogP contribution in [0.3, 0.4) is 0 Å². The van der Waals surface area contributed by atoms with Crippen molar-refractivity contribution in [2.24, 2.45) is 5.92 Å². The molecule has 0 bridgehead atoms. The quantitative estimate of drug-likeness (QED) is 0.315. The number of rotatable bonds is 7. The topological polar surface area (TPSA) is 76.0 Å². The van der Waals surface area contributed by atoms with Gasteiger partial charge in [0.25, 0.3) is 6.29 Å². The Balaban J connectivity index is -0.00000182. The number of carboxylic acids is 1. The Morgan fingerprint density at radius 2 is 1.93 bits per heavy atom. The van der Waals surface area contributed by atoms with Crippen LogP contribution in [0, 0.1) is 5.92 Å². The molecule has 0 aromatic heterocycles. The Morgan fingerprint density at radius 3 is 2.54 bits per heavy atom. The minimum absolute atomic E-state index is 0. The van der Waals surface area contributed by atoms with Gasteiger partial charge in [-0.3, -0.25) is 4.79 Å². The van der Waals surface area contributed by atoms with E-state index in [1.807, 2.05) is 0 Å². The first-order valence-electron chi connectivity index (χ1n) is 8.27. The minimum Gasteiger partial charge on any atom is -1.00 e. The Bertz CT molecular complexity index is 650. The van der Waals surface area contributed by atoms with Crippen LogP contribution in [0.2, 0.25) is 0 Å². The third-order valence-electron chi connectivity index (χ3n) is 4.04. The molecule has 1 aliphatic rings. The molecule has 5 nitrogen and oxygen atoms in total. The second-order valence-electron chi connectivity index (χ2n) is 6.08. The van der Waals surface area contributed by atoms with Crippen LogP contribution in [0.4, 0.5) is 13.2 Å². The second kappa shape index (κ2) is 13.3. The van der Waals surface area contributed by atoms with E-state index in [1.54, 1.807) is 24.3 Å². The maximum atomic E-state index is 12.9. The number of halogens is 3. The first kappa shape index (κ1) is 27.9. The van der Waals surface area contributed by atoms with Crippen LogP contribution in [-0.2, 0) is 14.3 Å². The van der Waals surface area contributed by atoms with Crippen molar-refractivity contribution in [2.45, 2.75) is 44.3 Å². The van der Waals surface area contributed by atoms with E-state index in [-0.39, 0.29) is 86.3 Å². The maximum absolute atomic E-state index is 12.9. The molecule has 0 aliphatic carbocycles. The molecule has 3 atom stereocenters. The van der Waals surface area contributed by atoms with Crippen LogP contribution in [0.5, 0.6) is 5.75 Å². The van der Waals surface area contributed by atoms with Gasteiger partial charge in [0, 0.05) is 17.9 Å². The van der Waals surface area contributed by atoms with Gasteiger partial charge in [-0.2, -0.15) is 13.2 Å². The smallest absolute Gasteiger partial charge is 1.00 e. The summed E-state index contributed by atoms with van der Waals surface area (Å²) < 4.78 is 48.8. The number of phenolic OH excluding ortho intramolecular Hbond substituents is 1.